The molecule has 1 aliphatic carbocycles. The number of nitrogens with zero attached hydrogens (tertiary/aromatic N) is 2. The van der Waals surface area contributed by atoms with Crippen LogP contribution in [0.15, 0.2) is 47.1 Å². The second kappa shape index (κ2) is 13.8. The van der Waals surface area contributed by atoms with Gasteiger partial charge in [0.1, 0.15) is 23.9 Å². The topological polar surface area (TPSA) is 126 Å². The molecule has 2 saturated heterocycles. The number of likely N-dealkylation sites (tertiary alicyclic amines) is 1. The molecular weight excluding hydrogens is 637 g/mol. The lowest BCUT2D eigenvalue weighted by Crippen LogP contribution is -2.47. The summed E-state index contributed by atoms with van der Waals surface area (Å²) in [5, 5.41) is 3.34. The van der Waals surface area contributed by atoms with Crippen LogP contribution < -0.4 is 5.32 Å². The Morgan fingerprint density at radius 2 is 1.85 bits per heavy atom. The van der Waals surface area contributed by atoms with Gasteiger partial charge in [0, 0.05) is 37.0 Å². The van der Waals surface area contributed by atoms with Gasteiger partial charge in [0.25, 0.3) is 5.91 Å². The molecule has 2 amide bonds. The molecule has 6 rings (SSSR count). The fourth-order valence-electron chi connectivity index (χ4n) is 6.78. The van der Waals surface area contributed by atoms with Gasteiger partial charge in [0.15, 0.2) is 9.84 Å². The van der Waals surface area contributed by atoms with Crippen molar-refractivity contribution in [3.05, 3.63) is 64.6 Å². The first kappa shape index (κ1) is 32.6. The summed E-state index contributed by atoms with van der Waals surface area (Å²) in [7, 11) is -3.06. The van der Waals surface area contributed by atoms with E-state index in [4.69, 9.17) is 20.8 Å². The Bertz CT molecular complexity index is 1710. The van der Waals surface area contributed by atoms with Crippen LogP contribution >= 0.6 is 11.6 Å². The Morgan fingerprint density at radius 3 is 2.59 bits per heavy atom. The lowest BCUT2D eigenvalue weighted by atomic mass is 9.88. The van der Waals surface area contributed by atoms with Crippen molar-refractivity contribution < 1.29 is 36.3 Å². The first-order valence-corrected chi connectivity index (χ1v) is 17.9. The van der Waals surface area contributed by atoms with Crippen molar-refractivity contribution in [1.29, 1.82) is 0 Å². The van der Waals surface area contributed by atoms with Crippen LogP contribution in [0.1, 0.15) is 48.0 Å². The number of halogens is 2. The third kappa shape index (κ3) is 7.30. The fourth-order valence-corrected chi connectivity index (χ4v) is 8.24. The molecule has 2 aromatic carbocycles. The number of aldehydes is 1. The molecule has 2 aliphatic heterocycles. The third-order valence-electron chi connectivity index (χ3n) is 9.50. The first-order valence-electron chi connectivity index (χ1n) is 15.7. The van der Waals surface area contributed by atoms with Crippen molar-refractivity contribution in [2.24, 2.45) is 5.92 Å². The maximum Gasteiger partial charge on any atom is 0.259 e. The summed E-state index contributed by atoms with van der Waals surface area (Å²) in [6.07, 6.45) is 5.83. The van der Waals surface area contributed by atoms with E-state index in [9.17, 15) is 22.8 Å². The number of anilines is 1. The van der Waals surface area contributed by atoms with E-state index in [1.165, 1.54) is 12.3 Å². The second-order valence-corrected chi connectivity index (χ2v) is 15.2. The molecule has 3 fully saturated rings. The molecular formula is C33H37ClFN3O7S. The maximum atomic E-state index is 15.4. The van der Waals surface area contributed by atoms with Crippen molar-refractivity contribution >= 4 is 56.2 Å². The molecule has 3 aromatic rings. The van der Waals surface area contributed by atoms with E-state index in [0.717, 1.165) is 38.0 Å². The minimum Gasteiger partial charge on any atom is -0.463 e. The molecule has 0 spiro atoms. The van der Waals surface area contributed by atoms with E-state index in [0.29, 0.717) is 43.6 Å². The number of para-hydroxylation sites is 1. The summed E-state index contributed by atoms with van der Waals surface area (Å²) >= 11 is 6.47. The van der Waals surface area contributed by atoms with Crippen LogP contribution in [0.2, 0.25) is 5.02 Å². The molecule has 46 heavy (non-hydrogen) atoms. The monoisotopic (exact) mass is 673 g/mol. The van der Waals surface area contributed by atoms with Gasteiger partial charge < -0.3 is 24.2 Å². The highest BCUT2D eigenvalue weighted by Gasteiger charge is 2.40. The van der Waals surface area contributed by atoms with Crippen molar-refractivity contribution in [1.82, 2.24) is 9.80 Å². The van der Waals surface area contributed by atoms with E-state index in [-0.39, 0.29) is 69.8 Å². The first-order chi connectivity index (χ1) is 22.1. The van der Waals surface area contributed by atoms with Gasteiger partial charge in [-0.05, 0) is 55.9 Å². The SMILES string of the molecule is O=CC1CCC(OC[C@@H]2C[C@H](N3CCS(=O)(=O)CC3)CN2C(=O)Cc2cc(Cl)c(NC(=O)c3coc4ccccc34)cc2F)CC1. The van der Waals surface area contributed by atoms with Gasteiger partial charge in [-0.1, -0.05) is 29.8 Å². The van der Waals surface area contributed by atoms with Crippen LogP contribution in [0.25, 0.3) is 11.0 Å². The second-order valence-electron chi connectivity index (χ2n) is 12.5. The van der Waals surface area contributed by atoms with Gasteiger partial charge in [-0.15, -0.1) is 0 Å². The normalized spacial score (nSPS) is 25.0. The minimum absolute atomic E-state index is 0.00590. The molecule has 1 saturated carbocycles. The number of hydrogen-bond donors (Lipinski definition) is 1. The van der Waals surface area contributed by atoms with Crippen molar-refractivity contribution in [2.45, 2.75) is 56.7 Å². The highest BCUT2D eigenvalue weighted by molar-refractivity contribution is 7.91. The Kier molecular flexibility index (Phi) is 9.79. The molecule has 0 unspecified atom stereocenters. The van der Waals surface area contributed by atoms with Gasteiger partial charge in [-0.3, -0.25) is 14.5 Å². The standard InChI is InChI=1S/C33H37ClFN3O7S/c34-28-13-22(29(35)16-30(28)36-33(41)27-20-45-31-4-2-1-3-26(27)31)14-32(40)38-17-23(37-9-11-46(42,43)12-10-37)15-24(38)19-44-25-7-5-21(18-39)6-8-25/h1-4,13,16,18,20-21,23-25H,5-12,14-15,17,19H2,(H,36,41)/t21?,23-,24-,25?/m0/s1. The molecule has 2 atom stereocenters. The number of amides is 2. The number of benzene rings is 2. The number of carbonyl (C=O) groups excluding carboxylic acids is 3. The number of ether oxygens (including phenoxy) is 1. The van der Waals surface area contributed by atoms with Gasteiger partial charge >= 0.3 is 0 Å². The summed E-state index contributed by atoms with van der Waals surface area (Å²) in [5.74, 6) is -1.24. The van der Waals surface area contributed by atoms with Crippen LogP contribution in [-0.4, -0.2) is 92.3 Å². The largest absolute Gasteiger partial charge is 0.463 e. The van der Waals surface area contributed by atoms with Crippen LogP contribution in [0.3, 0.4) is 0 Å². The van der Waals surface area contributed by atoms with E-state index in [2.05, 4.69) is 10.2 Å². The van der Waals surface area contributed by atoms with E-state index < -0.39 is 21.6 Å². The highest BCUT2D eigenvalue weighted by Crippen LogP contribution is 2.31. The Balaban J connectivity index is 1.13. The van der Waals surface area contributed by atoms with Crippen LogP contribution in [0, 0.1) is 11.7 Å². The summed E-state index contributed by atoms with van der Waals surface area (Å²) in [5.41, 5.74) is 0.997. The number of sulfone groups is 1. The van der Waals surface area contributed by atoms with Crippen molar-refractivity contribution in [3.63, 3.8) is 0 Å². The van der Waals surface area contributed by atoms with Gasteiger partial charge in [0.2, 0.25) is 5.91 Å². The van der Waals surface area contributed by atoms with Crippen molar-refractivity contribution in [2.75, 3.05) is 43.1 Å². The van der Waals surface area contributed by atoms with Crippen LogP contribution in [-0.2, 0) is 30.6 Å². The predicted molar refractivity (Wildman–Crippen MR) is 171 cm³/mol. The maximum absolute atomic E-state index is 15.4. The molecule has 0 radical (unpaired) electrons. The van der Waals surface area contributed by atoms with Gasteiger partial charge in [-0.2, -0.15) is 0 Å². The fraction of sp³-hybridized carbons (Fsp3) is 0.485. The summed E-state index contributed by atoms with van der Waals surface area (Å²) < 4.78 is 51.1. The third-order valence-corrected chi connectivity index (χ3v) is 11.4. The Labute approximate surface area is 272 Å². The quantitative estimate of drug-likeness (QED) is 0.330. The van der Waals surface area contributed by atoms with Crippen LogP contribution in [0.5, 0.6) is 0 Å². The number of carbonyl (C=O) groups is 3. The lowest BCUT2D eigenvalue weighted by Gasteiger charge is -2.31. The molecule has 3 aliphatic rings. The van der Waals surface area contributed by atoms with Gasteiger partial charge in [0.05, 0.1) is 53.0 Å². The molecule has 3 heterocycles. The molecule has 0 bridgehead atoms. The zero-order valence-electron chi connectivity index (χ0n) is 25.3. The van der Waals surface area contributed by atoms with Crippen LogP contribution in [0.4, 0.5) is 10.1 Å². The highest BCUT2D eigenvalue weighted by atomic mass is 35.5. The van der Waals surface area contributed by atoms with E-state index in [1.807, 2.05) is 0 Å². The number of rotatable bonds is 9. The molecule has 246 valence electrons. The van der Waals surface area contributed by atoms with E-state index in [1.54, 1.807) is 29.2 Å². The number of fused-ring (bicyclic) bond motifs is 1. The molecule has 1 aromatic heterocycles. The average Bonchev–Trinajstić information content (AvgIpc) is 3.68. The predicted octanol–water partition coefficient (Wildman–Crippen LogP) is 4.49. The summed E-state index contributed by atoms with van der Waals surface area (Å²) in [4.78, 5) is 41.7. The average molecular weight is 674 g/mol. The van der Waals surface area contributed by atoms with Gasteiger partial charge in [-0.25, -0.2) is 12.8 Å². The number of hydrogen-bond acceptors (Lipinski definition) is 8. The summed E-state index contributed by atoms with van der Waals surface area (Å²) in [6, 6.07) is 9.23. The Hall–Kier alpha value is -3.32. The van der Waals surface area contributed by atoms with Crippen molar-refractivity contribution in [3.8, 4) is 0 Å². The molecule has 13 heteroatoms. The lowest BCUT2D eigenvalue weighted by molar-refractivity contribution is -0.133. The number of furan rings is 1. The number of nitrogens with one attached hydrogen (secondary N) is 1. The van der Waals surface area contributed by atoms with E-state index >= 15 is 4.39 Å². The zero-order valence-corrected chi connectivity index (χ0v) is 26.9. The summed E-state index contributed by atoms with van der Waals surface area (Å²) in [6.45, 7) is 1.50. The smallest absolute Gasteiger partial charge is 0.259 e. The molecule has 1 N–H and O–H groups in total. The Morgan fingerprint density at radius 1 is 1.11 bits per heavy atom. The zero-order chi connectivity index (χ0) is 32.4. The minimum atomic E-state index is -3.06. The molecule has 10 nitrogen and oxygen atoms in total.